The first-order chi connectivity index (χ1) is 10.3. The lowest BCUT2D eigenvalue weighted by Crippen LogP contribution is -2.04. The lowest BCUT2D eigenvalue weighted by Gasteiger charge is -2.12. The van der Waals surface area contributed by atoms with Crippen LogP contribution in [0.4, 0.5) is 13.2 Å². The summed E-state index contributed by atoms with van der Waals surface area (Å²) in [4.78, 5) is 11.0. The molecule has 0 bridgehead atoms. The quantitative estimate of drug-likeness (QED) is 0.906. The Labute approximate surface area is 125 Å². The molecule has 0 unspecified atom stereocenters. The van der Waals surface area contributed by atoms with E-state index in [-0.39, 0.29) is 5.56 Å². The number of carboxylic acid groups (broad SMARTS) is 1. The number of ether oxygens (including phenoxy) is 1. The Balaban J connectivity index is 2.49. The maximum absolute atomic E-state index is 12.6. The van der Waals surface area contributed by atoms with Crippen LogP contribution in [0.1, 0.15) is 22.8 Å². The Kier molecular flexibility index (Phi) is 4.40. The molecule has 0 aliphatic carbocycles. The van der Waals surface area contributed by atoms with Crippen LogP contribution in [0.15, 0.2) is 42.5 Å². The maximum atomic E-state index is 12.6. The fourth-order valence-corrected chi connectivity index (χ4v) is 2.01. The van der Waals surface area contributed by atoms with Gasteiger partial charge in [-0.2, -0.15) is 13.2 Å². The number of aromatic carboxylic acids is 1. The zero-order valence-corrected chi connectivity index (χ0v) is 11.6. The molecule has 0 aromatic heterocycles. The molecule has 0 aliphatic heterocycles. The molecule has 0 radical (unpaired) electrons. The van der Waals surface area contributed by atoms with Crippen LogP contribution >= 0.6 is 0 Å². The minimum Gasteiger partial charge on any atom is -0.493 e. The van der Waals surface area contributed by atoms with Crippen LogP contribution in [-0.2, 0) is 6.18 Å². The third kappa shape index (κ3) is 3.39. The number of rotatable bonds is 4. The summed E-state index contributed by atoms with van der Waals surface area (Å²) in [5.74, 6) is -0.691. The normalized spacial score (nSPS) is 11.3. The molecule has 0 spiro atoms. The third-order valence-corrected chi connectivity index (χ3v) is 3.05. The number of hydrogen-bond donors (Lipinski definition) is 1. The van der Waals surface area contributed by atoms with Crippen LogP contribution in [0.2, 0.25) is 0 Å². The summed E-state index contributed by atoms with van der Waals surface area (Å²) in [6.07, 6.45) is -4.41. The molecular formula is C16H13F3O3. The van der Waals surface area contributed by atoms with Gasteiger partial charge in [-0.05, 0) is 42.8 Å². The van der Waals surface area contributed by atoms with E-state index in [1.54, 1.807) is 6.92 Å². The lowest BCUT2D eigenvalue weighted by atomic mass is 10.0. The van der Waals surface area contributed by atoms with Gasteiger partial charge in [0.1, 0.15) is 5.75 Å². The summed E-state index contributed by atoms with van der Waals surface area (Å²) in [6.45, 7) is 2.13. The number of carbonyl (C=O) groups is 1. The summed E-state index contributed by atoms with van der Waals surface area (Å²) < 4.78 is 43.2. The molecule has 22 heavy (non-hydrogen) atoms. The van der Waals surface area contributed by atoms with E-state index in [0.717, 1.165) is 12.1 Å². The van der Waals surface area contributed by atoms with Crippen LogP contribution < -0.4 is 4.74 Å². The Morgan fingerprint density at radius 1 is 1.14 bits per heavy atom. The molecule has 0 saturated heterocycles. The van der Waals surface area contributed by atoms with E-state index >= 15 is 0 Å². The minimum absolute atomic E-state index is 0.0401. The summed E-state index contributed by atoms with van der Waals surface area (Å²) in [6, 6.07) is 8.78. The number of halogens is 3. The predicted molar refractivity (Wildman–Crippen MR) is 75.0 cm³/mol. The second-order valence-electron chi connectivity index (χ2n) is 4.52. The molecule has 2 aromatic carbocycles. The van der Waals surface area contributed by atoms with Gasteiger partial charge in [-0.15, -0.1) is 0 Å². The van der Waals surface area contributed by atoms with Crippen molar-refractivity contribution in [1.82, 2.24) is 0 Å². The van der Waals surface area contributed by atoms with E-state index in [9.17, 15) is 18.0 Å². The van der Waals surface area contributed by atoms with Gasteiger partial charge in [-0.3, -0.25) is 0 Å². The molecule has 0 saturated carbocycles. The second kappa shape index (κ2) is 6.09. The fraction of sp³-hybridized carbons (Fsp3) is 0.188. The predicted octanol–water partition coefficient (Wildman–Crippen LogP) is 4.47. The zero-order valence-electron chi connectivity index (χ0n) is 11.6. The van der Waals surface area contributed by atoms with Crippen LogP contribution in [0.25, 0.3) is 11.1 Å². The molecule has 116 valence electrons. The van der Waals surface area contributed by atoms with E-state index in [4.69, 9.17) is 9.84 Å². The molecular weight excluding hydrogens is 297 g/mol. The van der Waals surface area contributed by atoms with Gasteiger partial charge in [-0.25, -0.2) is 4.79 Å². The van der Waals surface area contributed by atoms with Gasteiger partial charge < -0.3 is 9.84 Å². The van der Waals surface area contributed by atoms with Crippen LogP contribution in [0.3, 0.4) is 0 Å². The van der Waals surface area contributed by atoms with E-state index < -0.39 is 17.7 Å². The van der Waals surface area contributed by atoms with Gasteiger partial charge in [0, 0.05) is 5.56 Å². The largest absolute Gasteiger partial charge is 0.493 e. The molecule has 0 fully saturated rings. The van der Waals surface area contributed by atoms with Crippen molar-refractivity contribution in [2.45, 2.75) is 13.1 Å². The Morgan fingerprint density at radius 3 is 2.27 bits per heavy atom. The summed E-state index contributed by atoms with van der Waals surface area (Å²) >= 11 is 0. The minimum atomic E-state index is -4.41. The van der Waals surface area contributed by atoms with Crippen molar-refractivity contribution in [2.75, 3.05) is 6.61 Å². The van der Waals surface area contributed by atoms with E-state index in [1.165, 1.54) is 30.3 Å². The molecule has 0 heterocycles. The van der Waals surface area contributed by atoms with Crippen molar-refractivity contribution < 1.29 is 27.8 Å². The molecule has 2 aromatic rings. The molecule has 1 N–H and O–H groups in total. The lowest BCUT2D eigenvalue weighted by molar-refractivity contribution is -0.137. The monoisotopic (exact) mass is 310 g/mol. The maximum Gasteiger partial charge on any atom is 0.416 e. The van der Waals surface area contributed by atoms with Crippen LogP contribution in [0, 0.1) is 0 Å². The van der Waals surface area contributed by atoms with Gasteiger partial charge in [0.15, 0.2) is 0 Å². The SMILES string of the molecule is CCOc1ccc(C(=O)O)cc1-c1ccc(C(F)(F)F)cc1. The highest BCUT2D eigenvalue weighted by molar-refractivity contribution is 5.90. The molecule has 2 rings (SSSR count). The Hall–Kier alpha value is -2.50. The van der Waals surface area contributed by atoms with E-state index in [0.29, 0.717) is 23.5 Å². The topological polar surface area (TPSA) is 46.5 Å². The molecule has 3 nitrogen and oxygen atoms in total. The number of benzene rings is 2. The average Bonchev–Trinajstić information content (AvgIpc) is 2.47. The molecule has 0 aliphatic rings. The number of carboxylic acids is 1. The fourth-order valence-electron chi connectivity index (χ4n) is 2.01. The Morgan fingerprint density at radius 2 is 1.77 bits per heavy atom. The van der Waals surface area contributed by atoms with Gasteiger partial charge in [0.25, 0.3) is 0 Å². The standard InChI is InChI=1S/C16H13F3O3/c1-2-22-14-8-5-11(15(20)21)9-13(14)10-3-6-12(7-4-10)16(17,18)19/h3-9H,2H2,1H3,(H,20,21). The smallest absolute Gasteiger partial charge is 0.416 e. The zero-order chi connectivity index (χ0) is 16.3. The summed E-state index contributed by atoms with van der Waals surface area (Å²) in [5.41, 5.74) is 0.178. The van der Waals surface area contributed by atoms with Crippen LogP contribution in [0.5, 0.6) is 5.75 Å². The Bertz CT molecular complexity index is 676. The highest BCUT2D eigenvalue weighted by atomic mass is 19.4. The molecule has 6 heteroatoms. The highest BCUT2D eigenvalue weighted by Crippen LogP contribution is 2.34. The van der Waals surface area contributed by atoms with Gasteiger partial charge in [0.05, 0.1) is 17.7 Å². The summed E-state index contributed by atoms with van der Waals surface area (Å²) in [7, 11) is 0. The number of alkyl halides is 3. The van der Waals surface area contributed by atoms with Crippen LogP contribution in [-0.4, -0.2) is 17.7 Å². The highest BCUT2D eigenvalue weighted by Gasteiger charge is 2.30. The third-order valence-electron chi connectivity index (χ3n) is 3.05. The van der Waals surface area contributed by atoms with E-state index in [1.807, 2.05) is 0 Å². The van der Waals surface area contributed by atoms with Crippen molar-refractivity contribution in [1.29, 1.82) is 0 Å². The van der Waals surface area contributed by atoms with Crippen molar-refractivity contribution in [2.24, 2.45) is 0 Å². The first kappa shape index (κ1) is 15.9. The van der Waals surface area contributed by atoms with Gasteiger partial charge in [0.2, 0.25) is 0 Å². The van der Waals surface area contributed by atoms with Crippen molar-refractivity contribution in [3.8, 4) is 16.9 Å². The van der Waals surface area contributed by atoms with E-state index in [2.05, 4.69) is 0 Å². The van der Waals surface area contributed by atoms with Gasteiger partial charge in [-0.1, -0.05) is 12.1 Å². The molecule has 0 atom stereocenters. The van der Waals surface area contributed by atoms with Crippen molar-refractivity contribution in [3.63, 3.8) is 0 Å². The second-order valence-corrected chi connectivity index (χ2v) is 4.52. The van der Waals surface area contributed by atoms with Crippen molar-refractivity contribution >= 4 is 5.97 Å². The van der Waals surface area contributed by atoms with Gasteiger partial charge >= 0.3 is 12.1 Å². The average molecular weight is 310 g/mol. The number of hydrogen-bond acceptors (Lipinski definition) is 2. The van der Waals surface area contributed by atoms with Crippen molar-refractivity contribution in [3.05, 3.63) is 53.6 Å². The first-order valence-electron chi connectivity index (χ1n) is 6.50. The summed E-state index contributed by atoms with van der Waals surface area (Å²) in [5, 5.41) is 9.04. The molecule has 0 amide bonds. The first-order valence-corrected chi connectivity index (χ1v) is 6.50.